The van der Waals surface area contributed by atoms with Crippen molar-refractivity contribution in [2.45, 2.75) is 96.6 Å². The highest BCUT2D eigenvalue weighted by molar-refractivity contribution is 5.66. The molecule has 0 aromatic heterocycles. The van der Waals surface area contributed by atoms with Gasteiger partial charge in [0.15, 0.2) is 0 Å². The number of aliphatic hydroxyl groups excluding tert-OH is 4. The predicted octanol–water partition coefficient (Wildman–Crippen LogP) is 2.42. The maximum absolute atomic E-state index is 11.5. The molecular weight excluding hydrogens is 384 g/mol. The maximum atomic E-state index is 11.5. The standard InChI is InChI=1S/C24H40O6/c1-12(4-7-20(28)29)13-5-6-14-21-15(11-19(27)24(13,14)3)23(2)9-8-17(25)22(30)16(23)10-18(21)26/h12-19,21-22,25-27,30H,4-11H2,1-3H3,(H,28,29)/t12-,13?,14+,15+,16-,17-,18-,19+,21+,22+,23-,24-/m1/s1. The summed E-state index contributed by atoms with van der Waals surface area (Å²) in [7, 11) is 0. The number of rotatable bonds is 4. The summed E-state index contributed by atoms with van der Waals surface area (Å²) in [5.41, 5.74) is -0.492. The fourth-order valence-electron chi connectivity index (χ4n) is 8.74. The van der Waals surface area contributed by atoms with Gasteiger partial charge in [0.05, 0.1) is 24.4 Å². The molecule has 4 rings (SSSR count). The first-order chi connectivity index (χ1) is 14.0. The van der Waals surface area contributed by atoms with E-state index in [1.807, 2.05) is 0 Å². The highest BCUT2D eigenvalue weighted by Crippen LogP contribution is 2.68. The van der Waals surface area contributed by atoms with Crippen LogP contribution in [0, 0.1) is 46.3 Å². The van der Waals surface area contributed by atoms with Crippen molar-refractivity contribution < 1.29 is 30.3 Å². The number of aliphatic hydroxyl groups is 4. The Morgan fingerprint density at radius 2 is 1.67 bits per heavy atom. The molecule has 6 heteroatoms. The molecule has 0 heterocycles. The average Bonchev–Trinajstić information content (AvgIpc) is 3.04. The highest BCUT2D eigenvalue weighted by atomic mass is 16.4. The summed E-state index contributed by atoms with van der Waals surface area (Å²) in [5, 5.41) is 52.7. The van der Waals surface area contributed by atoms with Crippen LogP contribution in [-0.2, 0) is 4.79 Å². The van der Waals surface area contributed by atoms with Crippen molar-refractivity contribution >= 4 is 5.97 Å². The lowest BCUT2D eigenvalue weighted by Crippen LogP contribution is -2.64. The smallest absolute Gasteiger partial charge is 0.303 e. The number of carboxylic acid groups (broad SMARTS) is 1. The van der Waals surface area contributed by atoms with E-state index in [0.29, 0.717) is 25.7 Å². The van der Waals surface area contributed by atoms with Gasteiger partial charge in [-0.25, -0.2) is 0 Å². The highest BCUT2D eigenvalue weighted by Gasteiger charge is 2.66. The number of carbonyl (C=O) groups is 1. The lowest BCUT2D eigenvalue weighted by atomic mass is 9.42. The first-order valence-corrected chi connectivity index (χ1v) is 12.0. The Balaban J connectivity index is 1.62. The van der Waals surface area contributed by atoms with Gasteiger partial charge in [0.25, 0.3) is 0 Å². The van der Waals surface area contributed by atoms with Crippen LogP contribution < -0.4 is 0 Å². The normalized spacial score (nSPS) is 54.0. The van der Waals surface area contributed by atoms with Crippen molar-refractivity contribution in [1.29, 1.82) is 0 Å². The van der Waals surface area contributed by atoms with E-state index in [0.717, 1.165) is 19.3 Å². The van der Waals surface area contributed by atoms with Crippen molar-refractivity contribution in [3.05, 3.63) is 0 Å². The molecule has 5 N–H and O–H groups in total. The number of aliphatic carboxylic acids is 1. The van der Waals surface area contributed by atoms with E-state index in [1.165, 1.54) is 0 Å². The van der Waals surface area contributed by atoms with Gasteiger partial charge in [0, 0.05) is 6.42 Å². The minimum atomic E-state index is -0.808. The maximum Gasteiger partial charge on any atom is 0.303 e. The number of hydrogen-bond acceptors (Lipinski definition) is 5. The van der Waals surface area contributed by atoms with Gasteiger partial charge >= 0.3 is 5.97 Å². The summed E-state index contributed by atoms with van der Waals surface area (Å²) < 4.78 is 0. The first-order valence-electron chi connectivity index (χ1n) is 12.0. The molecule has 0 spiro atoms. The molecule has 4 aliphatic rings. The Kier molecular flexibility index (Phi) is 5.79. The first kappa shape index (κ1) is 22.5. The number of hydrogen-bond donors (Lipinski definition) is 5. The zero-order valence-electron chi connectivity index (χ0n) is 18.6. The van der Waals surface area contributed by atoms with Crippen molar-refractivity contribution in [2.75, 3.05) is 0 Å². The van der Waals surface area contributed by atoms with E-state index in [9.17, 15) is 25.2 Å². The van der Waals surface area contributed by atoms with E-state index < -0.39 is 30.4 Å². The van der Waals surface area contributed by atoms with E-state index in [4.69, 9.17) is 5.11 Å². The zero-order valence-corrected chi connectivity index (χ0v) is 18.6. The largest absolute Gasteiger partial charge is 0.481 e. The SMILES string of the molecule is C[C@H](CCC(=O)O)C1CC[C@H]2[C@@H]3[C@H](O)C[C@@H]4[C@H](O)[C@H](O)CC[C@]4(C)[C@H]3C[C@H](O)[C@]12C. The Hall–Kier alpha value is -0.690. The third-order valence-electron chi connectivity index (χ3n) is 10.4. The molecule has 4 saturated carbocycles. The second-order valence-corrected chi connectivity index (χ2v) is 11.5. The quantitative estimate of drug-likeness (QED) is 0.473. The minimum absolute atomic E-state index is 0.0961. The average molecular weight is 425 g/mol. The van der Waals surface area contributed by atoms with Gasteiger partial charge < -0.3 is 25.5 Å². The summed E-state index contributed by atoms with van der Waals surface area (Å²) in [5.74, 6) is 0.00666. The molecule has 0 saturated heterocycles. The van der Waals surface area contributed by atoms with Crippen LogP contribution in [0.4, 0.5) is 0 Å². The molecule has 0 amide bonds. The molecule has 0 aromatic carbocycles. The molecule has 172 valence electrons. The van der Waals surface area contributed by atoms with E-state index in [1.54, 1.807) is 0 Å². The summed E-state index contributed by atoms with van der Waals surface area (Å²) in [6, 6.07) is 0. The molecule has 30 heavy (non-hydrogen) atoms. The van der Waals surface area contributed by atoms with E-state index in [-0.39, 0.29) is 52.8 Å². The van der Waals surface area contributed by atoms with Gasteiger partial charge in [0.1, 0.15) is 0 Å². The van der Waals surface area contributed by atoms with Crippen molar-refractivity contribution in [3.8, 4) is 0 Å². The molecule has 12 atom stereocenters. The van der Waals surface area contributed by atoms with Gasteiger partial charge in [-0.1, -0.05) is 20.8 Å². The van der Waals surface area contributed by atoms with Gasteiger partial charge in [-0.15, -0.1) is 0 Å². The molecule has 4 fully saturated rings. The van der Waals surface area contributed by atoms with Crippen LogP contribution >= 0.6 is 0 Å². The van der Waals surface area contributed by atoms with E-state index >= 15 is 0 Å². The van der Waals surface area contributed by atoms with Crippen molar-refractivity contribution in [1.82, 2.24) is 0 Å². The third kappa shape index (κ3) is 3.16. The third-order valence-corrected chi connectivity index (χ3v) is 10.4. The van der Waals surface area contributed by atoms with Gasteiger partial charge in [0.2, 0.25) is 0 Å². The van der Waals surface area contributed by atoms with E-state index in [2.05, 4.69) is 20.8 Å². The lowest BCUT2D eigenvalue weighted by Gasteiger charge is -2.64. The van der Waals surface area contributed by atoms with Crippen LogP contribution in [-0.4, -0.2) is 55.9 Å². The monoisotopic (exact) mass is 424 g/mol. The summed E-state index contributed by atoms with van der Waals surface area (Å²) in [6.45, 7) is 6.50. The molecule has 0 bridgehead atoms. The van der Waals surface area contributed by atoms with Crippen molar-refractivity contribution in [2.24, 2.45) is 46.3 Å². The van der Waals surface area contributed by atoms with Crippen LogP contribution in [0.25, 0.3) is 0 Å². The van der Waals surface area contributed by atoms with Crippen LogP contribution in [0.15, 0.2) is 0 Å². The molecule has 4 aliphatic carbocycles. The second-order valence-electron chi connectivity index (χ2n) is 11.5. The van der Waals surface area contributed by atoms with Crippen LogP contribution in [0.1, 0.15) is 72.1 Å². The fourth-order valence-corrected chi connectivity index (χ4v) is 8.74. The summed E-state index contributed by atoms with van der Waals surface area (Å²) in [6.07, 6.45) is 2.67. The van der Waals surface area contributed by atoms with Gasteiger partial charge in [-0.2, -0.15) is 0 Å². The predicted molar refractivity (Wildman–Crippen MR) is 111 cm³/mol. The minimum Gasteiger partial charge on any atom is -0.481 e. The number of fused-ring (bicyclic) bond motifs is 5. The van der Waals surface area contributed by atoms with Gasteiger partial charge in [-0.3, -0.25) is 4.79 Å². The Morgan fingerprint density at radius 3 is 2.33 bits per heavy atom. The zero-order chi connectivity index (χ0) is 22.0. The molecule has 0 aromatic rings. The van der Waals surface area contributed by atoms with Crippen LogP contribution in [0.3, 0.4) is 0 Å². The van der Waals surface area contributed by atoms with Crippen molar-refractivity contribution in [3.63, 3.8) is 0 Å². The second kappa shape index (κ2) is 7.72. The number of carboxylic acids is 1. The Morgan fingerprint density at radius 1 is 0.967 bits per heavy atom. The molecule has 0 radical (unpaired) electrons. The molecule has 1 unspecified atom stereocenters. The lowest BCUT2D eigenvalue weighted by molar-refractivity contribution is -0.228. The Labute approximate surface area is 179 Å². The molecule has 0 aliphatic heterocycles. The van der Waals surface area contributed by atoms with Gasteiger partial charge in [-0.05, 0) is 91.3 Å². The summed E-state index contributed by atoms with van der Waals surface area (Å²) in [4.78, 5) is 11.1. The Bertz CT molecular complexity index is 668. The fraction of sp³-hybridized carbons (Fsp3) is 0.958. The van der Waals surface area contributed by atoms with Crippen LogP contribution in [0.2, 0.25) is 0 Å². The summed E-state index contributed by atoms with van der Waals surface area (Å²) >= 11 is 0. The van der Waals surface area contributed by atoms with Crippen LogP contribution in [0.5, 0.6) is 0 Å². The molecule has 6 nitrogen and oxygen atoms in total. The molecular formula is C24H40O6. The topological polar surface area (TPSA) is 118 Å².